The zero-order chi connectivity index (χ0) is 25.9. The fourth-order valence-corrected chi connectivity index (χ4v) is 4.68. The molecule has 0 radical (unpaired) electrons. The number of amides is 2. The molecule has 3 aromatic rings. The van der Waals surface area contributed by atoms with Gasteiger partial charge in [0.15, 0.2) is 0 Å². The number of rotatable bonds is 12. The van der Waals surface area contributed by atoms with Crippen molar-refractivity contribution in [2.24, 2.45) is 0 Å². The van der Waals surface area contributed by atoms with E-state index >= 15 is 0 Å². The van der Waals surface area contributed by atoms with Crippen molar-refractivity contribution >= 4 is 40.9 Å². The van der Waals surface area contributed by atoms with Crippen molar-refractivity contribution in [3.63, 3.8) is 0 Å². The summed E-state index contributed by atoms with van der Waals surface area (Å²) in [5.41, 5.74) is 2.74. The first-order valence-electron chi connectivity index (χ1n) is 11.5. The number of likely N-dealkylation sites (N-methyl/N-ethyl adjacent to an activating group) is 1. The molecule has 0 aromatic heterocycles. The Balaban J connectivity index is 1.79. The predicted molar refractivity (Wildman–Crippen MR) is 144 cm³/mol. The minimum Gasteiger partial charge on any atom is -0.355 e. The molecule has 0 saturated heterocycles. The smallest absolute Gasteiger partial charge is 0.269 e. The van der Waals surface area contributed by atoms with Crippen molar-refractivity contribution in [1.82, 2.24) is 10.2 Å². The quantitative estimate of drug-likeness (QED) is 0.257. The molecule has 1 N–H and O–H groups in total. The van der Waals surface area contributed by atoms with E-state index in [0.717, 1.165) is 16.7 Å². The molecule has 3 aromatic carbocycles. The standard InChI is InChI=1S/C27H28ClN3O4S/c1-2-29-27(33)25(16-20-6-4-3-5-7-20)30(17-21-8-12-23(28)13-9-21)26(32)19-36-18-22-10-14-24(15-11-22)31(34)35/h3-15,25H,2,16-19H2,1H3,(H,29,33)/t25-/m0/s1. The molecule has 36 heavy (non-hydrogen) atoms. The van der Waals surface area contributed by atoms with Crippen LogP contribution in [-0.4, -0.2) is 40.0 Å². The van der Waals surface area contributed by atoms with Gasteiger partial charge in [0.25, 0.3) is 5.69 Å². The Morgan fingerprint density at radius 3 is 2.22 bits per heavy atom. The SMILES string of the molecule is CCNC(=O)[C@H](Cc1ccccc1)N(Cc1ccc(Cl)cc1)C(=O)CSCc1ccc([N+](=O)[O-])cc1. The molecular formula is C27H28ClN3O4S. The number of nitrogens with one attached hydrogen (secondary N) is 1. The average Bonchev–Trinajstić information content (AvgIpc) is 2.88. The van der Waals surface area contributed by atoms with Crippen LogP contribution in [0.5, 0.6) is 0 Å². The van der Waals surface area contributed by atoms with Gasteiger partial charge in [-0.25, -0.2) is 0 Å². The molecule has 9 heteroatoms. The van der Waals surface area contributed by atoms with Crippen LogP contribution in [0.15, 0.2) is 78.9 Å². The summed E-state index contributed by atoms with van der Waals surface area (Å²) in [5, 5.41) is 14.3. The van der Waals surface area contributed by atoms with Crippen LogP contribution in [0.1, 0.15) is 23.6 Å². The van der Waals surface area contributed by atoms with Gasteiger partial charge in [0.05, 0.1) is 10.7 Å². The second-order valence-corrected chi connectivity index (χ2v) is 9.59. The van der Waals surface area contributed by atoms with Crippen molar-refractivity contribution < 1.29 is 14.5 Å². The number of nitrogens with zero attached hydrogens (tertiary/aromatic N) is 2. The first-order chi connectivity index (χ1) is 17.4. The molecule has 0 heterocycles. The highest BCUT2D eigenvalue weighted by atomic mass is 35.5. The highest BCUT2D eigenvalue weighted by Crippen LogP contribution is 2.20. The van der Waals surface area contributed by atoms with Gasteiger partial charge in [-0.3, -0.25) is 19.7 Å². The van der Waals surface area contributed by atoms with E-state index in [2.05, 4.69) is 5.32 Å². The Kier molecular flexibility index (Phi) is 10.3. The average molecular weight is 526 g/mol. The third kappa shape index (κ3) is 8.10. The molecular weight excluding hydrogens is 498 g/mol. The maximum Gasteiger partial charge on any atom is 0.269 e. The number of halogens is 1. The summed E-state index contributed by atoms with van der Waals surface area (Å²) < 4.78 is 0. The molecule has 1 atom stereocenters. The fourth-order valence-electron chi connectivity index (χ4n) is 3.69. The third-order valence-corrected chi connectivity index (χ3v) is 6.77. The van der Waals surface area contributed by atoms with Gasteiger partial charge in [-0.2, -0.15) is 0 Å². The second-order valence-electron chi connectivity index (χ2n) is 8.16. The fraction of sp³-hybridized carbons (Fsp3) is 0.259. The predicted octanol–water partition coefficient (Wildman–Crippen LogP) is 5.26. The summed E-state index contributed by atoms with van der Waals surface area (Å²) in [6.07, 6.45) is 0.388. The van der Waals surface area contributed by atoms with E-state index in [1.165, 1.54) is 23.9 Å². The van der Waals surface area contributed by atoms with E-state index in [4.69, 9.17) is 11.6 Å². The Morgan fingerprint density at radius 2 is 1.61 bits per heavy atom. The molecule has 0 aliphatic carbocycles. The van der Waals surface area contributed by atoms with Crippen LogP contribution in [-0.2, 0) is 28.3 Å². The number of non-ortho nitro benzene ring substituents is 1. The van der Waals surface area contributed by atoms with Crippen LogP contribution in [0.25, 0.3) is 0 Å². The maximum atomic E-state index is 13.5. The number of hydrogen-bond donors (Lipinski definition) is 1. The first-order valence-corrected chi connectivity index (χ1v) is 13.1. The van der Waals surface area contributed by atoms with Gasteiger partial charge in [0.1, 0.15) is 6.04 Å². The van der Waals surface area contributed by atoms with Gasteiger partial charge in [0, 0.05) is 42.4 Å². The van der Waals surface area contributed by atoms with Crippen molar-refractivity contribution in [1.29, 1.82) is 0 Å². The zero-order valence-corrected chi connectivity index (χ0v) is 21.5. The molecule has 0 fully saturated rings. The minimum absolute atomic E-state index is 0.0275. The zero-order valence-electron chi connectivity index (χ0n) is 19.9. The van der Waals surface area contributed by atoms with Crippen molar-refractivity contribution in [3.8, 4) is 0 Å². The van der Waals surface area contributed by atoms with Crippen molar-refractivity contribution in [2.75, 3.05) is 12.3 Å². The molecule has 7 nitrogen and oxygen atoms in total. The molecule has 0 unspecified atom stereocenters. The number of hydrogen-bond acceptors (Lipinski definition) is 5. The summed E-state index contributed by atoms with van der Waals surface area (Å²) in [7, 11) is 0. The molecule has 0 spiro atoms. The van der Waals surface area contributed by atoms with Gasteiger partial charge in [-0.15, -0.1) is 11.8 Å². The van der Waals surface area contributed by atoms with Crippen LogP contribution in [0, 0.1) is 10.1 Å². The number of carbonyl (C=O) groups is 2. The Labute approximate surface area is 220 Å². The number of nitro benzene ring substituents is 1. The monoisotopic (exact) mass is 525 g/mol. The third-order valence-electron chi connectivity index (χ3n) is 5.53. The van der Waals surface area contributed by atoms with Crippen LogP contribution in [0.4, 0.5) is 5.69 Å². The lowest BCUT2D eigenvalue weighted by Crippen LogP contribution is -2.51. The molecule has 188 valence electrons. The lowest BCUT2D eigenvalue weighted by atomic mass is 10.0. The van der Waals surface area contributed by atoms with Crippen LogP contribution < -0.4 is 5.32 Å². The first kappa shape index (κ1) is 27.2. The van der Waals surface area contributed by atoms with Gasteiger partial charge in [0.2, 0.25) is 11.8 Å². The normalized spacial score (nSPS) is 11.5. The molecule has 3 rings (SSSR count). The van der Waals surface area contributed by atoms with Gasteiger partial charge < -0.3 is 10.2 Å². The molecule has 0 bridgehead atoms. The van der Waals surface area contributed by atoms with E-state index in [9.17, 15) is 19.7 Å². The topological polar surface area (TPSA) is 92.6 Å². The number of benzene rings is 3. The summed E-state index contributed by atoms with van der Waals surface area (Å²) in [4.78, 5) is 38.7. The summed E-state index contributed by atoms with van der Waals surface area (Å²) in [6, 6.07) is 22.5. The van der Waals surface area contributed by atoms with E-state index in [1.807, 2.05) is 49.4 Å². The Hall–Kier alpha value is -3.36. The number of thioether (sulfide) groups is 1. The van der Waals surface area contributed by atoms with E-state index in [1.54, 1.807) is 29.2 Å². The number of nitro groups is 1. The molecule has 0 saturated carbocycles. The Morgan fingerprint density at radius 1 is 0.972 bits per heavy atom. The highest BCUT2D eigenvalue weighted by Gasteiger charge is 2.30. The summed E-state index contributed by atoms with van der Waals surface area (Å²) in [6.45, 7) is 2.58. The lowest BCUT2D eigenvalue weighted by molar-refractivity contribution is -0.384. The van der Waals surface area contributed by atoms with E-state index < -0.39 is 11.0 Å². The molecule has 0 aliphatic heterocycles. The molecule has 0 aliphatic rings. The minimum atomic E-state index is -0.685. The van der Waals surface area contributed by atoms with Crippen molar-refractivity contribution in [2.45, 2.75) is 31.7 Å². The Bertz CT molecular complexity index is 1160. The van der Waals surface area contributed by atoms with Gasteiger partial charge >= 0.3 is 0 Å². The number of carbonyl (C=O) groups excluding carboxylic acids is 2. The van der Waals surface area contributed by atoms with Gasteiger partial charge in [-0.1, -0.05) is 66.2 Å². The summed E-state index contributed by atoms with van der Waals surface area (Å²) >= 11 is 7.45. The van der Waals surface area contributed by atoms with Crippen LogP contribution >= 0.6 is 23.4 Å². The van der Waals surface area contributed by atoms with Crippen molar-refractivity contribution in [3.05, 3.63) is 111 Å². The summed E-state index contributed by atoms with van der Waals surface area (Å²) in [5.74, 6) is 0.311. The van der Waals surface area contributed by atoms with Crippen LogP contribution in [0.3, 0.4) is 0 Å². The van der Waals surface area contributed by atoms with E-state index in [0.29, 0.717) is 23.7 Å². The van der Waals surface area contributed by atoms with Crippen LogP contribution in [0.2, 0.25) is 5.02 Å². The largest absolute Gasteiger partial charge is 0.355 e. The lowest BCUT2D eigenvalue weighted by Gasteiger charge is -2.31. The van der Waals surface area contributed by atoms with Gasteiger partial charge in [-0.05, 0) is 35.7 Å². The van der Waals surface area contributed by atoms with E-state index in [-0.39, 0.29) is 29.8 Å². The highest BCUT2D eigenvalue weighted by molar-refractivity contribution is 7.99. The molecule has 2 amide bonds. The maximum absolute atomic E-state index is 13.5. The second kappa shape index (κ2) is 13.7.